The first kappa shape index (κ1) is 12.4. The van der Waals surface area contributed by atoms with Gasteiger partial charge in [-0.25, -0.2) is 8.42 Å². The molecule has 0 saturated heterocycles. The molecule has 0 fully saturated rings. The van der Waals surface area contributed by atoms with Crippen LogP contribution in [0.2, 0.25) is 0 Å². The van der Waals surface area contributed by atoms with E-state index in [1.165, 1.54) is 12.1 Å². The summed E-state index contributed by atoms with van der Waals surface area (Å²) in [6, 6.07) is 4.65. The molecule has 1 unspecified atom stereocenters. The number of hydrogen-bond donors (Lipinski definition) is 1. The Morgan fingerprint density at radius 2 is 2.06 bits per heavy atom. The number of halogens is 1. The van der Waals surface area contributed by atoms with Gasteiger partial charge in [-0.05, 0) is 42.5 Å². The number of hydrogen-bond acceptors (Lipinski definition) is 3. The predicted octanol–water partition coefficient (Wildman–Crippen LogP) is 1.80. The molecular formula is C11H11ClO4S. The lowest BCUT2D eigenvalue weighted by molar-refractivity contribution is -0.142. The molecule has 1 aliphatic rings. The zero-order valence-electron chi connectivity index (χ0n) is 8.89. The number of fused-ring (bicyclic) bond motifs is 1. The van der Waals surface area contributed by atoms with Gasteiger partial charge in [0, 0.05) is 10.7 Å². The fourth-order valence-corrected chi connectivity index (χ4v) is 2.90. The minimum Gasteiger partial charge on any atom is -0.481 e. The summed E-state index contributed by atoms with van der Waals surface area (Å²) in [7, 11) is 1.51. The normalized spacial score (nSPS) is 19.7. The van der Waals surface area contributed by atoms with E-state index in [0.29, 0.717) is 19.3 Å². The van der Waals surface area contributed by atoms with Crippen LogP contribution in [-0.4, -0.2) is 19.5 Å². The van der Waals surface area contributed by atoms with E-state index in [4.69, 9.17) is 15.8 Å². The van der Waals surface area contributed by atoms with Crippen molar-refractivity contribution < 1.29 is 18.3 Å². The number of benzene rings is 1. The molecule has 0 heterocycles. The van der Waals surface area contributed by atoms with Crippen LogP contribution in [-0.2, 0) is 26.7 Å². The van der Waals surface area contributed by atoms with Crippen molar-refractivity contribution >= 4 is 25.7 Å². The van der Waals surface area contributed by atoms with Crippen LogP contribution >= 0.6 is 10.7 Å². The zero-order chi connectivity index (χ0) is 12.6. The maximum Gasteiger partial charge on any atom is 0.306 e. The molecule has 0 spiro atoms. The summed E-state index contributed by atoms with van der Waals surface area (Å²) in [6.45, 7) is 0. The highest BCUT2D eigenvalue weighted by molar-refractivity contribution is 8.13. The van der Waals surface area contributed by atoms with Crippen LogP contribution in [0.25, 0.3) is 0 Å². The van der Waals surface area contributed by atoms with Gasteiger partial charge in [-0.3, -0.25) is 4.79 Å². The fourth-order valence-electron chi connectivity index (χ4n) is 2.10. The third-order valence-electron chi connectivity index (χ3n) is 3.04. The molecule has 0 amide bonds. The summed E-state index contributed by atoms with van der Waals surface area (Å²) >= 11 is 0. The average Bonchev–Trinajstić information content (AvgIpc) is 2.26. The summed E-state index contributed by atoms with van der Waals surface area (Å²) in [5, 5.41) is 8.95. The van der Waals surface area contributed by atoms with Gasteiger partial charge in [-0.15, -0.1) is 0 Å². The molecule has 2 rings (SSSR count). The topological polar surface area (TPSA) is 71.4 Å². The molecule has 0 radical (unpaired) electrons. The Bertz CT molecular complexity index is 565. The Morgan fingerprint density at radius 3 is 2.65 bits per heavy atom. The van der Waals surface area contributed by atoms with Crippen molar-refractivity contribution in [1.82, 2.24) is 0 Å². The summed E-state index contributed by atoms with van der Waals surface area (Å²) in [5.41, 5.74) is 1.77. The lowest BCUT2D eigenvalue weighted by Gasteiger charge is -2.21. The molecule has 1 aromatic rings. The summed E-state index contributed by atoms with van der Waals surface area (Å²) in [4.78, 5) is 10.9. The molecular weight excluding hydrogens is 264 g/mol. The summed E-state index contributed by atoms with van der Waals surface area (Å²) < 4.78 is 22.4. The number of carboxylic acids is 1. The first-order valence-electron chi connectivity index (χ1n) is 5.17. The van der Waals surface area contributed by atoms with Crippen LogP contribution in [0.15, 0.2) is 23.1 Å². The number of carboxylic acid groups (broad SMARTS) is 1. The van der Waals surface area contributed by atoms with Gasteiger partial charge >= 0.3 is 5.97 Å². The van der Waals surface area contributed by atoms with Crippen molar-refractivity contribution in [3.05, 3.63) is 29.3 Å². The Kier molecular flexibility index (Phi) is 3.14. The second kappa shape index (κ2) is 4.31. The van der Waals surface area contributed by atoms with Gasteiger partial charge in [0.05, 0.1) is 10.8 Å². The molecule has 0 aliphatic heterocycles. The van der Waals surface area contributed by atoms with Crippen molar-refractivity contribution in [3.8, 4) is 0 Å². The number of carbonyl (C=O) groups is 1. The van der Waals surface area contributed by atoms with E-state index in [1.807, 2.05) is 0 Å². The third kappa shape index (κ3) is 2.61. The van der Waals surface area contributed by atoms with E-state index in [2.05, 4.69) is 0 Å². The zero-order valence-corrected chi connectivity index (χ0v) is 10.5. The van der Waals surface area contributed by atoms with E-state index in [0.717, 1.165) is 11.1 Å². The smallest absolute Gasteiger partial charge is 0.306 e. The second-order valence-corrected chi connectivity index (χ2v) is 6.71. The molecule has 92 valence electrons. The number of rotatable bonds is 2. The highest BCUT2D eigenvalue weighted by Gasteiger charge is 2.25. The van der Waals surface area contributed by atoms with E-state index >= 15 is 0 Å². The first-order valence-corrected chi connectivity index (χ1v) is 7.48. The van der Waals surface area contributed by atoms with Gasteiger partial charge < -0.3 is 5.11 Å². The quantitative estimate of drug-likeness (QED) is 0.835. The van der Waals surface area contributed by atoms with E-state index < -0.39 is 20.9 Å². The first-order chi connectivity index (χ1) is 7.88. The molecule has 1 aromatic carbocycles. The summed E-state index contributed by atoms with van der Waals surface area (Å²) in [5.74, 6) is -1.27. The van der Waals surface area contributed by atoms with Crippen LogP contribution in [0.5, 0.6) is 0 Å². The van der Waals surface area contributed by atoms with Crippen LogP contribution in [0.1, 0.15) is 17.5 Å². The predicted molar refractivity (Wildman–Crippen MR) is 62.6 cm³/mol. The van der Waals surface area contributed by atoms with Crippen LogP contribution in [0.3, 0.4) is 0 Å². The van der Waals surface area contributed by atoms with E-state index in [1.54, 1.807) is 6.07 Å². The maximum atomic E-state index is 11.2. The number of aliphatic carboxylic acids is 1. The van der Waals surface area contributed by atoms with E-state index in [9.17, 15) is 13.2 Å². The molecule has 17 heavy (non-hydrogen) atoms. The van der Waals surface area contributed by atoms with Crippen molar-refractivity contribution in [2.24, 2.45) is 5.92 Å². The van der Waals surface area contributed by atoms with E-state index in [-0.39, 0.29) is 4.90 Å². The second-order valence-electron chi connectivity index (χ2n) is 4.15. The highest BCUT2D eigenvalue weighted by Crippen LogP contribution is 2.28. The van der Waals surface area contributed by atoms with Crippen LogP contribution in [0, 0.1) is 5.92 Å². The third-order valence-corrected chi connectivity index (χ3v) is 4.39. The molecule has 6 heteroatoms. The molecule has 0 bridgehead atoms. The van der Waals surface area contributed by atoms with Gasteiger partial charge in [0.2, 0.25) is 0 Å². The largest absolute Gasteiger partial charge is 0.481 e. The fraction of sp³-hybridized carbons (Fsp3) is 0.364. The molecule has 1 aliphatic carbocycles. The monoisotopic (exact) mass is 274 g/mol. The Labute approximate surface area is 104 Å². The van der Waals surface area contributed by atoms with Crippen molar-refractivity contribution in [2.45, 2.75) is 24.2 Å². The average molecular weight is 275 g/mol. The Morgan fingerprint density at radius 1 is 1.35 bits per heavy atom. The molecule has 0 saturated carbocycles. The Balaban J connectivity index is 2.39. The minimum atomic E-state index is -3.75. The number of aryl methyl sites for hydroxylation is 1. The van der Waals surface area contributed by atoms with Crippen molar-refractivity contribution in [3.63, 3.8) is 0 Å². The van der Waals surface area contributed by atoms with Crippen molar-refractivity contribution in [1.29, 1.82) is 0 Å². The molecule has 0 aromatic heterocycles. The van der Waals surface area contributed by atoms with Crippen LogP contribution in [0.4, 0.5) is 0 Å². The standard InChI is InChI=1S/C11H11ClO4S/c12-17(15,16)10-4-3-7-1-2-8(11(13)14)5-9(7)6-10/h3-4,6,8H,1-2,5H2,(H,13,14). The summed E-state index contributed by atoms with van der Waals surface area (Å²) in [6.07, 6.45) is 1.62. The van der Waals surface area contributed by atoms with Gasteiger partial charge in [0.25, 0.3) is 9.05 Å². The SMILES string of the molecule is O=C(O)C1CCc2ccc(S(=O)(=O)Cl)cc2C1. The minimum absolute atomic E-state index is 0.0314. The molecule has 4 nitrogen and oxygen atoms in total. The van der Waals surface area contributed by atoms with Gasteiger partial charge in [-0.2, -0.15) is 0 Å². The van der Waals surface area contributed by atoms with Gasteiger partial charge in [0.15, 0.2) is 0 Å². The molecule has 1 N–H and O–H groups in total. The van der Waals surface area contributed by atoms with Crippen LogP contribution < -0.4 is 0 Å². The van der Waals surface area contributed by atoms with Crippen molar-refractivity contribution in [2.75, 3.05) is 0 Å². The lowest BCUT2D eigenvalue weighted by Crippen LogP contribution is -2.22. The maximum absolute atomic E-state index is 11.2. The highest BCUT2D eigenvalue weighted by atomic mass is 35.7. The molecule has 1 atom stereocenters. The van der Waals surface area contributed by atoms with Gasteiger partial charge in [0.1, 0.15) is 0 Å². The van der Waals surface area contributed by atoms with Gasteiger partial charge in [-0.1, -0.05) is 6.07 Å². The lowest BCUT2D eigenvalue weighted by atomic mass is 9.84. The Hall–Kier alpha value is -1.07.